The van der Waals surface area contributed by atoms with Crippen LogP contribution in [-0.2, 0) is 18.0 Å². The number of rotatable bonds is 7. The van der Waals surface area contributed by atoms with E-state index >= 15 is 0 Å². The Morgan fingerprint density at radius 3 is 2.60 bits per heavy atom. The minimum absolute atomic E-state index is 0.179. The molecular formula is C25H34F3N5OS. The third-order valence-corrected chi connectivity index (χ3v) is 9.06. The summed E-state index contributed by atoms with van der Waals surface area (Å²) in [5, 5.41) is 9.86. The van der Waals surface area contributed by atoms with Crippen molar-refractivity contribution in [3.63, 3.8) is 0 Å². The molecule has 35 heavy (non-hydrogen) atoms. The molecule has 0 N–H and O–H groups in total. The number of hydrogen-bond donors (Lipinski definition) is 0. The van der Waals surface area contributed by atoms with Crippen molar-refractivity contribution in [1.82, 2.24) is 19.7 Å². The molecule has 3 fully saturated rings. The van der Waals surface area contributed by atoms with Crippen molar-refractivity contribution in [2.24, 2.45) is 12.5 Å². The third kappa shape index (κ3) is 5.20. The fourth-order valence-corrected chi connectivity index (χ4v) is 6.78. The van der Waals surface area contributed by atoms with Crippen LogP contribution in [0.5, 0.6) is 0 Å². The molecule has 5 rings (SSSR count). The normalized spacial score (nSPS) is 26.0. The van der Waals surface area contributed by atoms with Gasteiger partial charge in [-0.1, -0.05) is 18.7 Å². The molecule has 0 radical (unpaired) electrons. The van der Waals surface area contributed by atoms with Crippen molar-refractivity contribution in [3.05, 3.63) is 35.7 Å². The molecular weight excluding hydrogens is 475 g/mol. The molecule has 2 unspecified atom stereocenters. The number of alkyl halides is 3. The van der Waals surface area contributed by atoms with Crippen LogP contribution in [0.3, 0.4) is 0 Å². The quantitative estimate of drug-likeness (QED) is 0.394. The molecule has 0 spiro atoms. The molecule has 6 nitrogen and oxygen atoms in total. The van der Waals surface area contributed by atoms with Crippen LogP contribution >= 0.6 is 11.8 Å². The fraction of sp³-hybridized carbons (Fsp3) is 0.680. The van der Waals surface area contributed by atoms with Gasteiger partial charge in [-0.2, -0.15) is 13.2 Å². The van der Waals surface area contributed by atoms with Gasteiger partial charge in [0.1, 0.15) is 5.82 Å². The molecule has 0 bridgehead atoms. The fourth-order valence-electron chi connectivity index (χ4n) is 5.93. The third-order valence-electron chi connectivity index (χ3n) is 7.95. The Morgan fingerprint density at radius 2 is 1.89 bits per heavy atom. The van der Waals surface area contributed by atoms with E-state index in [1.54, 1.807) is 23.9 Å². The van der Waals surface area contributed by atoms with Crippen LogP contribution in [0, 0.1) is 5.41 Å². The predicted octanol–water partition coefficient (Wildman–Crippen LogP) is 4.81. The zero-order valence-electron chi connectivity index (χ0n) is 20.4. The number of aromatic nitrogens is 3. The minimum atomic E-state index is -4.29. The van der Waals surface area contributed by atoms with Crippen molar-refractivity contribution < 1.29 is 17.9 Å². The standard InChI is InChI=1S/C25H34F3N5OS/c1-24-10-12-33(20-6-4-19(5-7-20)25(26,27)28)21(24)16-32(17-24)11-3-15-35-23-30-29-22(31(23)2)18-8-13-34-14-9-18/h4-7,18,21H,3,8-17H2,1-2H3. The van der Waals surface area contributed by atoms with Crippen molar-refractivity contribution in [2.75, 3.05) is 50.0 Å². The highest BCUT2D eigenvalue weighted by atomic mass is 32.2. The lowest BCUT2D eigenvalue weighted by molar-refractivity contribution is -0.137. The molecule has 0 saturated carbocycles. The van der Waals surface area contributed by atoms with Crippen LogP contribution in [0.2, 0.25) is 0 Å². The van der Waals surface area contributed by atoms with Gasteiger partial charge in [-0.05, 0) is 56.5 Å². The maximum Gasteiger partial charge on any atom is 0.416 e. The minimum Gasteiger partial charge on any atom is -0.381 e. The number of anilines is 1. The van der Waals surface area contributed by atoms with Crippen molar-refractivity contribution in [3.8, 4) is 0 Å². The topological polar surface area (TPSA) is 46.4 Å². The van der Waals surface area contributed by atoms with Gasteiger partial charge in [0.05, 0.1) is 5.56 Å². The van der Waals surface area contributed by atoms with E-state index in [1.165, 1.54) is 12.1 Å². The number of halogens is 3. The first-order valence-corrected chi connectivity index (χ1v) is 13.5. The van der Waals surface area contributed by atoms with Crippen LogP contribution in [-0.4, -0.2) is 70.9 Å². The van der Waals surface area contributed by atoms with E-state index in [4.69, 9.17) is 4.74 Å². The molecule has 192 valence electrons. The summed E-state index contributed by atoms with van der Waals surface area (Å²) in [5.74, 6) is 2.49. The summed E-state index contributed by atoms with van der Waals surface area (Å²) in [6, 6.07) is 6.00. The lowest BCUT2D eigenvalue weighted by Crippen LogP contribution is -2.37. The van der Waals surface area contributed by atoms with Crippen LogP contribution in [0.15, 0.2) is 29.4 Å². The molecule has 4 heterocycles. The highest BCUT2D eigenvalue weighted by molar-refractivity contribution is 7.99. The molecule has 3 saturated heterocycles. The van der Waals surface area contributed by atoms with E-state index in [1.807, 2.05) is 0 Å². The number of likely N-dealkylation sites (tertiary alicyclic amines) is 1. The van der Waals surface area contributed by atoms with E-state index in [-0.39, 0.29) is 5.41 Å². The van der Waals surface area contributed by atoms with Crippen LogP contribution in [0.4, 0.5) is 18.9 Å². The number of ether oxygens (including phenoxy) is 1. The van der Waals surface area contributed by atoms with Gasteiger partial charge < -0.3 is 19.1 Å². The first-order chi connectivity index (χ1) is 16.7. The van der Waals surface area contributed by atoms with Crippen LogP contribution in [0.25, 0.3) is 0 Å². The molecule has 10 heteroatoms. The van der Waals surface area contributed by atoms with Crippen molar-refractivity contribution >= 4 is 17.4 Å². The van der Waals surface area contributed by atoms with Gasteiger partial charge in [0.25, 0.3) is 0 Å². The first-order valence-electron chi connectivity index (χ1n) is 12.5. The average molecular weight is 510 g/mol. The van der Waals surface area contributed by atoms with Crippen molar-refractivity contribution in [1.29, 1.82) is 0 Å². The van der Waals surface area contributed by atoms with E-state index < -0.39 is 11.7 Å². The van der Waals surface area contributed by atoms with E-state index in [9.17, 15) is 13.2 Å². The Kier molecular flexibility index (Phi) is 7.07. The Labute approximate surface area is 209 Å². The number of nitrogens with zero attached hydrogens (tertiary/aromatic N) is 5. The van der Waals surface area contributed by atoms with Gasteiger partial charge in [-0.15, -0.1) is 10.2 Å². The second-order valence-electron chi connectivity index (χ2n) is 10.4. The smallest absolute Gasteiger partial charge is 0.381 e. The average Bonchev–Trinajstić information content (AvgIpc) is 3.47. The Hall–Kier alpha value is -1.78. The molecule has 3 aliphatic rings. The molecule has 1 aromatic heterocycles. The predicted molar refractivity (Wildman–Crippen MR) is 131 cm³/mol. The van der Waals surface area contributed by atoms with Gasteiger partial charge in [0.2, 0.25) is 0 Å². The number of thioether (sulfide) groups is 1. The Balaban J connectivity index is 1.12. The van der Waals surface area contributed by atoms with Gasteiger partial charge in [0.15, 0.2) is 5.16 Å². The summed E-state index contributed by atoms with van der Waals surface area (Å²) >= 11 is 1.77. The van der Waals surface area contributed by atoms with Gasteiger partial charge in [-0.25, -0.2) is 0 Å². The van der Waals surface area contributed by atoms with Crippen LogP contribution in [0.1, 0.15) is 49.9 Å². The summed E-state index contributed by atoms with van der Waals surface area (Å²) in [5.41, 5.74) is 0.487. The summed E-state index contributed by atoms with van der Waals surface area (Å²) in [4.78, 5) is 4.83. The van der Waals surface area contributed by atoms with E-state index in [0.29, 0.717) is 12.0 Å². The number of benzene rings is 1. The second kappa shape index (κ2) is 9.94. The second-order valence-corrected chi connectivity index (χ2v) is 11.4. The van der Waals surface area contributed by atoms with E-state index in [0.717, 1.165) is 87.5 Å². The largest absolute Gasteiger partial charge is 0.416 e. The molecule has 2 aromatic rings. The molecule has 0 amide bonds. The van der Waals surface area contributed by atoms with Crippen LogP contribution < -0.4 is 4.90 Å². The zero-order chi connectivity index (χ0) is 24.6. The lowest BCUT2D eigenvalue weighted by atomic mass is 9.85. The first kappa shape index (κ1) is 24.9. The van der Waals surface area contributed by atoms with E-state index in [2.05, 4.69) is 38.5 Å². The van der Waals surface area contributed by atoms with Crippen molar-refractivity contribution in [2.45, 2.75) is 55.9 Å². The highest BCUT2D eigenvalue weighted by Crippen LogP contribution is 2.45. The Morgan fingerprint density at radius 1 is 1.14 bits per heavy atom. The molecule has 0 aliphatic carbocycles. The summed E-state index contributed by atoms with van der Waals surface area (Å²) < 4.78 is 46.5. The van der Waals surface area contributed by atoms with Gasteiger partial charge >= 0.3 is 6.18 Å². The molecule has 2 atom stereocenters. The summed E-state index contributed by atoms with van der Waals surface area (Å²) in [6.07, 6.45) is -0.146. The molecule has 1 aromatic carbocycles. The highest BCUT2D eigenvalue weighted by Gasteiger charge is 2.50. The monoisotopic (exact) mass is 509 g/mol. The number of fused-ring (bicyclic) bond motifs is 1. The Bertz CT molecular complexity index is 1010. The zero-order valence-corrected chi connectivity index (χ0v) is 21.2. The lowest BCUT2D eigenvalue weighted by Gasteiger charge is -2.30. The SMILES string of the molecule is Cn1c(SCCCN2CC3N(c4ccc(C(F)(F)F)cc4)CCC3(C)C2)nnc1C1CCOCC1. The summed E-state index contributed by atoms with van der Waals surface area (Å²) in [6.45, 7) is 7.84. The maximum absolute atomic E-state index is 13.0. The molecule has 3 aliphatic heterocycles. The van der Waals surface area contributed by atoms with Gasteiger partial charge in [0, 0.05) is 68.7 Å². The maximum atomic E-state index is 13.0. The number of hydrogen-bond acceptors (Lipinski definition) is 6. The summed E-state index contributed by atoms with van der Waals surface area (Å²) in [7, 11) is 2.06. The van der Waals surface area contributed by atoms with Gasteiger partial charge in [-0.3, -0.25) is 0 Å².